The SMILES string of the molecule is Cc1cc(Br)c(S(=O)(=O)NCc2nn[nH]n2)cc1Br. The lowest BCUT2D eigenvalue weighted by molar-refractivity contribution is 0.578. The topological polar surface area (TPSA) is 101 Å². The largest absolute Gasteiger partial charge is 0.242 e. The molecule has 0 fully saturated rings. The van der Waals surface area contributed by atoms with Crippen LogP contribution in [0.15, 0.2) is 26.0 Å². The molecular weight excluding hydrogens is 402 g/mol. The van der Waals surface area contributed by atoms with Crippen LogP contribution in [-0.4, -0.2) is 29.0 Å². The number of aryl methyl sites for hydroxylation is 1. The lowest BCUT2D eigenvalue weighted by atomic mass is 10.2. The summed E-state index contributed by atoms with van der Waals surface area (Å²) in [6.07, 6.45) is 0. The minimum absolute atomic E-state index is 0.0310. The molecule has 0 saturated carbocycles. The molecule has 2 aromatic rings. The number of hydrogen-bond donors (Lipinski definition) is 2. The molecule has 0 unspecified atom stereocenters. The van der Waals surface area contributed by atoms with Crippen LogP contribution in [-0.2, 0) is 16.6 Å². The Labute approximate surface area is 126 Å². The van der Waals surface area contributed by atoms with Crippen LogP contribution in [0, 0.1) is 6.92 Å². The number of tetrazole rings is 1. The first-order valence-electron chi connectivity index (χ1n) is 5.08. The highest BCUT2D eigenvalue weighted by molar-refractivity contribution is 9.11. The molecule has 0 aliphatic rings. The normalized spacial score (nSPS) is 11.7. The Hall–Kier alpha value is -0.840. The van der Waals surface area contributed by atoms with Crippen molar-refractivity contribution in [2.24, 2.45) is 0 Å². The van der Waals surface area contributed by atoms with Gasteiger partial charge >= 0.3 is 0 Å². The molecule has 10 heteroatoms. The predicted molar refractivity (Wildman–Crippen MR) is 74.8 cm³/mol. The van der Waals surface area contributed by atoms with E-state index < -0.39 is 10.0 Å². The van der Waals surface area contributed by atoms with Gasteiger partial charge in [-0.15, -0.1) is 10.2 Å². The van der Waals surface area contributed by atoms with Gasteiger partial charge in [0.25, 0.3) is 0 Å². The zero-order valence-corrected chi connectivity index (χ0v) is 13.7. The third kappa shape index (κ3) is 3.38. The van der Waals surface area contributed by atoms with Gasteiger partial charge in [-0.2, -0.15) is 5.21 Å². The molecule has 7 nitrogen and oxygen atoms in total. The van der Waals surface area contributed by atoms with Crippen molar-refractivity contribution in [1.82, 2.24) is 25.3 Å². The van der Waals surface area contributed by atoms with Gasteiger partial charge < -0.3 is 0 Å². The summed E-state index contributed by atoms with van der Waals surface area (Å²) in [6.45, 7) is 1.84. The standard InChI is InChI=1S/C9H9Br2N5O2S/c1-5-2-7(11)8(3-6(5)10)19(17,18)12-4-9-13-15-16-14-9/h2-3,12H,4H2,1H3,(H,13,14,15,16). The van der Waals surface area contributed by atoms with E-state index in [9.17, 15) is 8.42 Å². The van der Waals surface area contributed by atoms with E-state index in [-0.39, 0.29) is 17.3 Å². The van der Waals surface area contributed by atoms with E-state index in [4.69, 9.17) is 0 Å². The Morgan fingerprint density at radius 3 is 2.68 bits per heavy atom. The molecule has 2 rings (SSSR count). The van der Waals surface area contributed by atoms with Gasteiger partial charge in [0.05, 0.1) is 11.4 Å². The monoisotopic (exact) mass is 409 g/mol. The van der Waals surface area contributed by atoms with Crippen molar-refractivity contribution in [3.8, 4) is 0 Å². The Bertz CT molecular complexity index is 687. The summed E-state index contributed by atoms with van der Waals surface area (Å²) in [5.41, 5.74) is 0.934. The quantitative estimate of drug-likeness (QED) is 0.795. The molecule has 0 radical (unpaired) electrons. The molecule has 0 atom stereocenters. The summed E-state index contributed by atoms with van der Waals surface area (Å²) < 4.78 is 27.9. The van der Waals surface area contributed by atoms with Gasteiger partial charge in [-0.25, -0.2) is 13.1 Å². The first-order chi connectivity index (χ1) is 8.90. The van der Waals surface area contributed by atoms with Crippen molar-refractivity contribution in [2.45, 2.75) is 18.4 Å². The van der Waals surface area contributed by atoms with Crippen LogP contribution in [0.25, 0.3) is 0 Å². The molecule has 1 heterocycles. The fourth-order valence-corrected chi connectivity index (χ4v) is 3.98. The molecular formula is C9H9Br2N5O2S. The number of benzene rings is 1. The maximum absolute atomic E-state index is 12.2. The van der Waals surface area contributed by atoms with Gasteiger partial charge in [-0.3, -0.25) is 0 Å². The minimum Gasteiger partial charge on any atom is -0.207 e. The van der Waals surface area contributed by atoms with Crippen LogP contribution in [0.2, 0.25) is 0 Å². The molecule has 102 valence electrons. The summed E-state index contributed by atoms with van der Waals surface area (Å²) >= 11 is 6.56. The average molecular weight is 411 g/mol. The third-order valence-corrected chi connectivity index (χ3v) is 5.53. The molecule has 1 aromatic heterocycles. The number of hydrogen-bond acceptors (Lipinski definition) is 5. The molecule has 0 aliphatic heterocycles. The van der Waals surface area contributed by atoms with Crippen molar-refractivity contribution < 1.29 is 8.42 Å². The van der Waals surface area contributed by atoms with E-state index in [1.54, 1.807) is 6.07 Å². The summed E-state index contributed by atoms with van der Waals surface area (Å²) in [5, 5.41) is 12.9. The van der Waals surface area contributed by atoms with Crippen LogP contribution >= 0.6 is 31.9 Å². The molecule has 0 bridgehead atoms. The van der Waals surface area contributed by atoms with Crippen molar-refractivity contribution >= 4 is 41.9 Å². The van der Waals surface area contributed by atoms with Crippen LogP contribution in [0.3, 0.4) is 0 Å². The van der Waals surface area contributed by atoms with Gasteiger partial charge in [-0.05, 0) is 40.5 Å². The molecule has 0 saturated heterocycles. The highest BCUT2D eigenvalue weighted by Gasteiger charge is 2.19. The van der Waals surface area contributed by atoms with Crippen LogP contribution in [0.4, 0.5) is 0 Å². The molecule has 0 aliphatic carbocycles. The van der Waals surface area contributed by atoms with Crippen LogP contribution < -0.4 is 4.72 Å². The number of rotatable bonds is 4. The number of aromatic amines is 1. The minimum atomic E-state index is -3.65. The van der Waals surface area contributed by atoms with Gasteiger partial charge in [-0.1, -0.05) is 21.1 Å². The van der Waals surface area contributed by atoms with E-state index in [1.165, 1.54) is 6.07 Å². The van der Waals surface area contributed by atoms with Crippen molar-refractivity contribution in [3.05, 3.63) is 32.5 Å². The van der Waals surface area contributed by atoms with Crippen molar-refractivity contribution in [2.75, 3.05) is 0 Å². The second-order valence-electron chi connectivity index (χ2n) is 3.68. The second kappa shape index (κ2) is 5.65. The predicted octanol–water partition coefficient (Wildman–Crippen LogP) is 1.51. The number of H-pyrrole nitrogens is 1. The Morgan fingerprint density at radius 2 is 2.05 bits per heavy atom. The summed E-state index contributed by atoms with van der Waals surface area (Å²) in [7, 11) is -3.65. The maximum Gasteiger partial charge on any atom is 0.242 e. The smallest absolute Gasteiger partial charge is 0.207 e. The highest BCUT2D eigenvalue weighted by Crippen LogP contribution is 2.28. The molecule has 0 amide bonds. The van der Waals surface area contributed by atoms with Gasteiger partial charge in [0.15, 0.2) is 5.82 Å². The second-order valence-corrected chi connectivity index (χ2v) is 7.13. The number of nitrogens with zero attached hydrogens (tertiary/aromatic N) is 3. The van der Waals surface area contributed by atoms with Gasteiger partial charge in [0, 0.05) is 8.95 Å². The van der Waals surface area contributed by atoms with Crippen molar-refractivity contribution in [1.29, 1.82) is 0 Å². The zero-order chi connectivity index (χ0) is 14.0. The summed E-state index contributed by atoms with van der Waals surface area (Å²) in [6, 6.07) is 3.27. The Kier molecular flexibility index (Phi) is 4.33. The third-order valence-electron chi connectivity index (χ3n) is 2.31. The molecule has 2 N–H and O–H groups in total. The molecule has 0 spiro atoms. The first-order valence-corrected chi connectivity index (χ1v) is 8.14. The Morgan fingerprint density at radius 1 is 1.32 bits per heavy atom. The van der Waals surface area contributed by atoms with E-state index in [2.05, 4.69) is 57.2 Å². The lowest BCUT2D eigenvalue weighted by Crippen LogP contribution is -2.24. The number of nitrogens with one attached hydrogen (secondary N) is 2. The zero-order valence-electron chi connectivity index (χ0n) is 9.68. The lowest BCUT2D eigenvalue weighted by Gasteiger charge is -2.09. The van der Waals surface area contributed by atoms with E-state index in [1.807, 2.05) is 6.92 Å². The number of sulfonamides is 1. The average Bonchev–Trinajstić information content (AvgIpc) is 2.84. The fraction of sp³-hybridized carbons (Fsp3) is 0.222. The van der Waals surface area contributed by atoms with E-state index in [0.29, 0.717) is 4.47 Å². The van der Waals surface area contributed by atoms with E-state index in [0.717, 1.165) is 10.0 Å². The van der Waals surface area contributed by atoms with Gasteiger partial charge in [0.1, 0.15) is 0 Å². The van der Waals surface area contributed by atoms with E-state index >= 15 is 0 Å². The fourth-order valence-electron chi connectivity index (χ4n) is 1.33. The highest BCUT2D eigenvalue weighted by atomic mass is 79.9. The maximum atomic E-state index is 12.2. The van der Waals surface area contributed by atoms with Gasteiger partial charge in [0.2, 0.25) is 10.0 Å². The summed E-state index contributed by atoms with van der Waals surface area (Å²) in [4.78, 5) is 0.147. The number of aromatic nitrogens is 4. The van der Waals surface area contributed by atoms with Crippen LogP contribution in [0.1, 0.15) is 11.4 Å². The van der Waals surface area contributed by atoms with Crippen LogP contribution in [0.5, 0.6) is 0 Å². The van der Waals surface area contributed by atoms with Crippen molar-refractivity contribution in [3.63, 3.8) is 0 Å². The Balaban J connectivity index is 2.27. The number of halogens is 2. The first kappa shape index (κ1) is 14.6. The molecule has 19 heavy (non-hydrogen) atoms. The summed E-state index contributed by atoms with van der Waals surface area (Å²) in [5.74, 6) is 0.269. The molecule has 1 aromatic carbocycles.